The van der Waals surface area contributed by atoms with Crippen LogP contribution in [0.25, 0.3) is 0 Å². The van der Waals surface area contributed by atoms with Gasteiger partial charge in [-0.2, -0.15) is 45.7 Å². The number of hydrogen-bond donors (Lipinski definition) is 9. The standard InChI is InChI=1S/C27H26N2O8S.C11H9NO2.C10H13NO3S.C7H6O.C5H6O2.C3H7NO2S.CO2/c28-19(25(32)33)14-38-13-17-6-8-18(9-7-17)36-26(34)35-15-27-11-10-20(37-27)21-22(27)24(31)29(23(21)30)12-16-4-2-1-3-5-16;13-10-6-7-11(14)12(10)8-9-4-2-1-3-5-9;11-9(10(13)14)6-15-5-7-1-3-8(12)4-2-7;1-6-2-4-7(8)5-3-6;6-4-5-2-1-3-7-5;4-2(1-7)3(5)6;2-1-3/h1-11,19-22H,12-15,28H2,(H,32,33);1-7H,8H2;1-4,9,12H,5-6,11H2,(H,13,14);2-5H,1H2;1-3,6H,4H2;2,7H,1,4H2,(H,5,6);/t19-,20?,21?,22?,27?;;9-;;;2-;/m0.0..0./s1. The van der Waals surface area contributed by atoms with Crippen molar-refractivity contribution in [2.45, 2.75) is 61.0 Å². The number of nitrogens with zero attached hydrogens (tertiary/aromatic N) is 2. The molecule has 0 radical (unpaired) electrons. The van der Waals surface area contributed by atoms with Gasteiger partial charge in [0.1, 0.15) is 54.2 Å². The third kappa shape index (κ3) is 24.7. The molecule has 92 heavy (non-hydrogen) atoms. The van der Waals surface area contributed by atoms with Gasteiger partial charge >= 0.3 is 30.2 Å². The zero-order valence-corrected chi connectivity index (χ0v) is 51.6. The maximum atomic E-state index is 13.3. The number of thiol groups is 1. The van der Waals surface area contributed by atoms with Crippen LogP contribution in [0.4, 0.5) is 4.79 Å². The van der Waals surface area contributed by atoms with E-state index in [1.807, 2.05) is 60.7 Å². The van der Waals surface area contributed by atoms with Gasteiger partial charge in [-0.25, -0.2) is 4.79 Å². The van der Waals surface area contributed by atoms with E-state index in [9.17, 15) is 43.2 Å². The van der Waals surface area contributed by atoms with E-state index in [-0.39, 0.29) is 78.3 Å². The van der Waals surface area contributed by atoms with Gasteiger partial charge in [-0.1, -0.05) is 110 Å². The highest BCUT2D eigenvalue weighted by Gasteiger charge is 2.68. The number of aliphatic hydroxyl groups is 1. The lowest BCUT2D eigenvalue weighted by molar-refractivity contribution is -0.192. The number of imide groups is 2. The minimum Gasteiger partial charge on any atom is -0.508 e. The van der Waals surface area contributed by atoms with Gasteiger partial charge in [-0.15, -0.1) is 0 Å². The van der Waals surface area contributed by atoms with Crippen LogP contribution in [-0.2, 0) is 88.6 Å². The molecule has 28 heteroatoms. The highest BCUT2D eigenvalue weighted by Crippen LogP contribution is 2.52. The number of hydrogen-bond acceptors (Lipinski definition) is 23. The number of phenolic OH excluding ortho intramolecular Hbond substituents is 1. The Kier molecular flexibility index (Phi) is 31.7. The Hall–Kier alpha value is -9.48. The van der Waals surface area contributed by atoms with Crippen molar-refractivity contribution in [3.05, 3.63) is 216 Å². The Labute approximate surface area is 541 Å². The summed E-state index contributed by atoms with van der Waals surface area (Å²) in [7, 11) is 0. The molecule has 5 heterocycles. The first kappa shape index (κ1) is 75.0. The van der Waals surface area contributed by atoms with Crippen molar-refractivity contribution in [1.29, 1.82) is 0 Å². The summed E-state index contributed by atoms with van der Waals surface area (Å²) in [6.07, 6.45) is 12.7. The number of nitrogens with two attached hydrogens (primary N) is 3. The van der Waals surface area contributed by atoms with Crippen molar-refractivity contribution < 1.29 is 96.9 Å². The molecule has 4 aromatic carbocycles. The fourth-order valence-corrected chi connectivity index (χ4v) is 10.3. The number of carbonyl (C=O) groups is 9. The Morgan fingerprint density at radius 3 is 1.57 bits per heavy atom. The van der Waals surface area contributed by atoms with Crippen LogP contribution >= 0.6 is 36.2 Å². The van der Waals surface area contributed by atoms with Crippen LogP contribution in [0.1, 0.15) is 28.0 Å². The number of likely N-dealkylation sites (tertiary alicyclic amines) is 1. The molecule has 4 amide bonds. The first-order valence-electron chi connectivity index (χ1n) is 27.4. The summed E-state index contributed by atoms with van der Waals surface area (Å²) in [5.41, 5.74) is 19.2. The van der Waals surface area contributed by atoms with Crippen molar-refractivity contribution in [3.8, 4) is 11.5 Å². The van der Waals surface area contributed by atoms with E-state index in [0.29, 0.717) is 29.6 Å². The Balaban J connectivity index is 0.000000273. The molecule has 486 valence electrons. The summed E-state index contributed by atoms with van der Waals surface area (Å²) in [5.74, 6) is -2.31. The summed E-state index contributed by atoms with van der Waals surface area (Å²) >= 11 is 6.50. The van der Waals surface area contributed by atoms with Crippen LogP contribution in [0, 0.1) is 11.8 Å². The van der Waals surface area contributed by atoms with E-state index in [1.54, 1.807) is 85.0 Å². The third-order valence-electron chi connectivity index (χ3n) is 12.9. The highest BCUT2D eigenvalue weighted by molar-refractivity contribution is 7.98. The van der Waals surface area contributed by atoms with Gasteiger partial charge < -0.3 is 61.4 Å². The molecule has 5 aliphatic rings. The van der Waals surface area contributed by atoms with Crippen LogP contribution in [-0.4, -0.2) is 149 Å². The zero-order valence-electron chi connectivity index (χ0n) is 49.0. The average molecular weight is 1320 g/mol. The summed E-state index contributed by atoms with van der Waals surface area (Å²) in [6.45, 7) is 3.88. The molecule has 1 aromatic heterocycles. The number of aromatic hydroxyl groups is 1. The number of allylic oxidation sites excluding steroid dienone is 5. The molecule has 5 aromatic rings. The fraction of sp³-hybridized carbons (Fsp3) is 0.250. The predicted molar refractivity (Wildman–Crippen MR) is 338 cm³/mol. The first-order chi connectivity index (χ1) is 43.9. The third-order valence-corrected chi connectivity index (χ3v) is 15.6. The number of aliphatic carboxylic acids is 3. The van der Waals surface area contributed by atoms with Gasteiger partial charge in [-0.05, 0) is 82.5 Å². The second kappa shape index (κ2) is 38.9. The van der Waals surface area contributed by atoms with E-state index in [4.69, 9.17) is 71.0 Å². The highest BCUT2D eigenvalue weighted by atomic mass is 32.2. The van der Waals surface area contributed by atoms with Gasteiger partial charge in [0.25, 0.3) is 11.8 Å². The van der Waals surface area contributed by atoms with Gasteiger partial charge in [0, 0.05) is 40.9 Å². The number of aliphatic hydroxyl groups excluding tert-OH is 1. The second-order valence-corrected chi connectivity index (χ2v) is 22.1. The SMILES string of the molecule is C=C1C=CC(=O)C=C1.N[C@@H](CS)C(=O)O.N[C@@H](CSCc1ccc(O)cc1)C(=O)O.N[C@@H](CSCc1ccc(OC(=O)OCC23C=CC(O2)C2C(=O)N(Cc4ccccc4)C(=O)C23)cc1)C(=O)O.O=C1C=CC(=O)N1Cc1ccccc1.O=C=O.OCc1ccco1. The molecule has 2 bridgehead atoms. The Morgan fingerprint density at radius 1 is 0.652 bits per heavy atom. The minimum atomic E-state index is -1.22. The van der Waals surface area contributed by atoms with E-state index in [2.05, 4.69) is 19.2 Å². The molecule has 4 aliphatic heterocycles. The van der Waals surface area contributed by atoms with Gasteiger partial charge in [0.05, 0.1) is 37.3 Å². The van der Waals surface area contributed by atoms with Crippen LogP contribution < -0.4 is 21.9 Å². The lowest BCUT2D eigenvalue weighted by Gasteiger charge is -2.28. The molecular formula is C64H67N5O20S3. The van der Waals surface area contributed by atoms with E-state index in [0.717, 1.165) is 27.8 Å². The van der Waals surface area contributed by atoms with E-state index >= 15 is 0 Å². The number of benzene rings is 4. The lowest BCUT2D eigenvalue weighted by Crippen LogP contribution is -2.44. The molecule has 4 unspecified atom stereocenters. The number of ketones is 1. The van der Waals surface area contributed by atoms with Crippen molar-refractivity contribution in [2.24, 2.45) is 29.0 Å². The molecule has 7 atom stereocenters. The number of phenols is 1. The summed E-state index contributed by atoms with van der Waals surface area (Å²) in [4.78, 5) is 121. The maximum Gasteiger partial charge on any atom is 0.513 e. The van der Waals surface area contributed by atoms with Crippen molar-refractivity contribution in [3.63, 3.8) is 0 Å². The zero-order chi connectivity index (χ0) is 67.8. The Morgan fingerprint density at radius 2 is 1.14 bits per heavy atom. The fourth-order valence-electron chi connectivity index (χ4n) is 8.27. The lowest BCUT2D eigenvalue weighted by atomic mass is 9.77. The number of amides is 4. The molecule has 2 fully saturated rings. The number of ether oxygens (including phenoxy) is 3. The van der Waals surface area contributed by atoms with Crippen LogP contribution in [0.15, 0.2) is 193 Å². The Bertz CT molecular complexity index is 3400. The molecule has 10 rings (SSSR count). The largest absolute Gasteiger partial charge is 0.513 e. The average Bonchev–Trinajstić information content (AvgIpc) is 1.54. The van der Waals surface area contributed by atoms with Crippen LogP contribution in [0.2, 0.25) is 0 Å². The van der Waals surface area contributed by atoms with Gasteiger partial charge in [-0.3, -0.25) is 48.2 Å². The number of thioether (sulfide) groups is 2. The first-order valence-corrected chi connectivity index (χ1v) is 30.4. The van der Waals surface area contributed by atoms with E-state index in [1.165, 1.54) is 63.9 Å². The predicted octanol–water partition coefficient (Wildman–Crippen LogP) is 5.26. The maximum absolute atomic E-state index is 13.3. The molecule has 2 saturated heterocycles. The van der Waals surface area contributed by atoms with Crippen molar-refractivity contribution in [1.82, 2.24) is 9.80 Å². The summed E-state index contributed by atoms with van der Waals surface area (Å²) < 4.78 is 21.3. The van der Waals surface area contributed by atoms with Crippen LogP contribution in [0.5, 0.6) is 11.5 Å². The number of fused-ring (bicyclic) bond motifs is 5. The number of carboxylic acid groups (broad SMARTS) is 3. The van der Waals surface area contributed by atoms with Crippen molar-refractivity contribution in [2.75, 3.05) is 23.9 Å². The second-order valence-electron chi connectivity index (χ2n) is 19.7. The number of furan rings is 1. The number of rotatable bonds is 20. The minimum absolute atomic E-state index is 0.00694. The number of carbonyl (C=O) groups excluding carboxylic acids is 8. The van der Waals surface area contributed by atoms with E-state index < -0.39 is 65.7 Å². The molecule has 1 aliphatic carbocycles. The molecule has 11 N–H and O–H groups in total. The molecule has 0 spiro atoms. The topological polar surface area (TPSA) is 414 Å². The quantitative estimate of drug-likeness (QED) is 0.0158. The summed E-state index contributed by atoms with van der Waals surface area (Å²) in [6, 6.07) is 33.1. The molecule has 0 saturated carbocycles. The molecular weight excluding hydrogens is 1250 g/mol. The normalized spacial score (nSPS) is 18.4. The molecule has 25 nitrogen and oxygen atoms in total. The van der Waals surface area contributed by atoms with Crippen LogP contribution in [0.3, 0.4) is 0 Å². The van der Waals surface area contributed by atoms with Crippen molar-refractivity contribution >= 4 is 95.8 Å². The van der Waals surface area contributed by atoms with Gasteiger partial charge in [0.2, 0.25) is 11.8 Å². The monoisotopic (exact) mass is 1320 g/mol. The smallest absolute Gasteiger partial charge is 0.508 e. The summed E-state index contributed by atoms with van der Waals surface area (Å²) in [5, 5.41) is 42.8. The number of carboxylic acids is 3. The van der Waals surface area contributed by atoms with Gasteiger partial charge in [0.15, 0.2) is 5.78 Å².